The van der Waals surface area contributed by atoms with Crippen LogP contribution in [0.3, 0.4) is 0 Å². The van der Waals surface area contributed by atoms with E-state index in [0.29, 0.717) is 6.61 Å². The molecule has 1 heterocycles. The van der Waals surface area contributed by atoms with Gasteiger partial charge in [0, 0.05) is 12.2 Å². The van der Waals surface area contributed by atoms with E-state index >= 15 is 0 Å². The zero-order valence-electron chi connectivity index (χ0n) is 11.8. The first-order valence-electron chi connectivity index (χ1n) is 6.90. The van der Waals surface area contributed by atoms with Crippen LogP contribution in [0, 0.1) is 0 Å². The summed E-state index contributed by atoms with van der Waals surface area (Å²) in [7, 11) is 0. The van der Waals surface area contributed by atoms with Gasteiger partial charge in [0.1, 0.15) is 11.4 Å². The molecule has 1 fully saturated rings. The van der Waals surface area contributed by atoms with E-state index in [9.17, 15) is 9.90 Å². The van der Waals surface area contributed by atoms with Gasteiger partial charge in [-0.15, -0.1) is 0 Å². The number of carbonyl (C=O) groups is 1. The lowest BCUT2D eigenvalue weighted by Crippen LogP contribution is -2.37. The van der Waals surface area contributed by atoms with Gasteiger partial charge in [0.2, 0.25) is 5.28 Å². The number of carboxylic acid groups (broad SMARTS) is 1. The van der Waals surface area contributed by atoms with Crippen LogP contribution < -0.4 is 4.90 Å². The maximum Gasteiger partial charge on any atom is 0.341 e. The summed E-state index contributed by atoms with van der Waals surface area (Å²) >= 11 is 5.82. The van der Waals surface area contributed by atoms with Gasteiger partial charge in [0.15, 0.2) is 6.73 Å². The van der Waals surface area contributed by atoms with E-state index in [1.807, 2.05) is 6.92 Å². The molecule has 1 aliphatic rings. The summed E-state index contributed by atoms with van der Waals surface area (Å²) in [5.74, 6) is -0.824. The Balaban J connectivity index is 2.29. The van der Waals surface area contributed by atoms with Gasteiger partial charge in [0.25, 0.3) is 0 Å². The molecule has 1 aliphatic carbocycles. The first-order valence-corrected chi connectivity index (χ1v) is 7.28. The molecule has 0 aromatic carbocycles. The summed E-state index contributed by atoms with van der Waals surface area (Å²) in [5.41, 5.74) is 0.00592. The summed E-state index contributed by atoms with van der Waals surface area (Å²) in [4.78, 5) is 31.0. The highest BCUT2D eigenvalue weighted by Gasteiger charge is 2.28. The highest BCUT2D eigenvalue weighted by Crippen LogP contribution is 2.29. The van der Waals surface area contributed by atoms with E-state index in [1.165, 1.54) is 6.20 Å². The summed E-state index contributed by atoms with van der Waals surface area (Å²) in [6.45, 7) is 2.32. The van der Waals surface area contributed by atoms with Crippen LogP contribution in [0.2, 0.25) is 5.28 Å². The lowest BCUT2D eigenvalue weighted by Gasteiger charge is -2.29. The summed E-state index contributed by atoms with van der Waals surface area (Å²) in [6, 6.07) is 0.162. The fraction of sp³-hybridized carbons (Fsp3) is 0.615. The predicted octanol–water partition coefficient (Wildman–Crippen LogP) is 2.50. The van der Waals surface area contributed by atoms with Crippen molar-refractivity contribution in [2.75, 3.05) is 18.2 Å². The van der Waals surface area contributed by atoms with Crippen LogP contribution in [0.15, 0.2) is 6.20 Å². The molecule has 1 N–H and O–H groups in total. The third-order valence-corrected chi connectivity index (χ3v) is 3.58. The van der Waals surface area contributed by atoms with Crippen molar-refractivity contribution < 1.29 is 19.7 Å². The van der Waals surface area contributed by atoms with Crippen molar-refractivity contribution in [2.24, 2.45) is 0 Å². The highest BCUT2D eigenvalue weighted by molar-refractivity contribution is 6.28. The van der Waals surface area contributed by atoms with Gasteiger partial charge in [-0.25, -0.2) is 19.6 Å². The second-order valence-electron chi connectivity index (χ2n) is 4.74. The minimum atomic E-state index is -1.10. The fourth-order valence-corrected chi connectivity index (χ4v) is 2.58. The Hall–Kier alpha value is -1.44. The van der Waals surface area contributed by atoms with Crippen molar-refractivity contribution in [3.05, 3.63) is 17.0 Å². The van der Waals surface area contributed by atoms with E-state index in [2.05, 4.69) is 9.97 Å². The third kappa shape index (κ3) is 4.03. The second-order valence-corrected chi connectivity index (χ2v) is 5.08. The molecule has 1 aromatic heterocycles. The average molecular weight is 316 g/mol. The van der Waals surface area contributed by atoms with Crippen LogP contribution in [0.1, 0.15) is 43.0 Å². The number of nitrogens with zero attached hydrogens (tertiary/aromatic N) is 3. The Morgan fingerprint density at radius 1 is 1.48 bits per heavy atom. The smallest absolute Gasteiger partial charge is 0.341 e. The largest absolute Gasteiger partial charge is 0.477 e. The fourth-order valence-electron chi connectivity index (χ4n) is 2.45. The number of aromatic carboxylic acids is 1. The molecule has 0 saturated heterocycles. The van der Waals surface area contributed by atoms with Gasteiger partial charge >= 0.3 is 5.97 Å². The number of carboxylic acids is 1. The minimum Gasteiger partial charge on any atom is -0.477 e. The predicted molar refractivity (Wildman–Crippen MR) is 76.3 cm³/mol. The first kappa shape index (κ1) is 15.9. The van der Waals surface area contributed by atoms with Crippen molar-refractivity contribution >= 4 is 23.4 Å². The Labute approximate surface area is 127 Å². The molecule has 2 rings (SSSR count). The molecule has 8 heteroatoms. The van der Waals surface area contributed by atoms with Gasteiger partial charge in [-0.05, 0) is 31.4 Å². The molecule has 0 bridgehead atoms. The number of hydrogen-bond donors (Lipinski definition) is 1. The van der Waals surface area contributed by atoms with E-state index in [4.69, 9.17) is 21.4 Å². The molecule has 0 atom stereocenters. The van der Waals surface area contributed by atoms with Crippen molar-refractivity contribution in [3.8, 4) is 0 Å². The highest BCUT2D eigenvalue weighted by atomic mass is 35.5. The van der Waals surface area contributed by atoms with Crippen molar-refractivity contribution in [1.29, 1.82) is 0 Å². The maximum absolute atomic E-state index is 11.4. The van der Waals surface area contributed by atoms with Gasteiger partial charge in [0.05, 0.1) is 6.61 Å². The molecular formula is C13H18ClN3O4. The monoisotopic (exact) mass is 315 g/mol. The van der Waals surface area contributed by atoms with Crippen LogP contribution >= 0.6 is 11.6 Å². The quantitative estimate of drug-likeness (QED) is 0.272. The van der Waals surface area contributed by atoms with Crippen LogP contribution in [0.25, 0.3) is 0 Å². The molecule has 1 saturated carbocycles. The van der Waals surface area contributed by atoms with E-state index < -0.39 is 5.97 Å². The Kier molecular flexibility index (Phi) is 5.72. The number of anilines is 1. The molecule has 0 spiro atoms. The SMILES string of the molecule is CCOOCN(c1nc(Cl)ncc1C(=O)O)C1CCCC1. The summed E-state index contributed by atoms with van der Waals surface area (Å²) in [6.07, 6.45) is 5.32. The number of hydrogen-bond acceptors (Lipinski definition) is 6. The number of rotatable bonds is 7. The normalized spacial score (nSPS) is 15.3. The van der Waals surface area contributed by atoms with Crippen molar-refractivity contribution in [1.82, 2.24) is 9.97 Å². The van der Waals surface area contributed by atoms with Crippen LogP contribution in [0.5, 0.6) is 0 Å². The van der Waals surface area contributed by atoms with Crippen molar-refractivity contribution in [2.45, 2.75) is 38.6 Å². The standard InChI is InChI=1S/C13H18ClN3O4/c1-2-20-21-8-17(9-5-3-4-6-9)11-10(12(18)19)7-15-13(14)16-11/h7,9H,2-6,8H2,1H3,(H,18,19). The summed E-state index contributed by atoms with van der Waals surface area (Å²) in [5, 5.41) is 9.31. The molecule has 0 aliphatic heterocycles. The molecule has 21 heavy (non-hydrogen) atoms. The molecule has 7 nitrogen and oxygen atoms in total. The lowest BCUT2D eigenvalue weighted by molar-refractivity contribution is -0.291. The van der Waals surface area contributed by atoms with E-state index in [1.54, 1.807) is 4.90 Å². The lowest BCUT2D eigenvalue weighted by atomic mass is 10.2. The molecule has 0 unspecified atom stereocenters. The van der Waals surface area contributed by atoms with Gasteiger partial charge in [-0.1, -0.05) is 12.8 Å². The molecule has 1 aromatic rings. The molecule has 0 amide bonds. The topological polar surface area (TPSA) is 84.8 Å². The zero-order valence-corrected chi connectivity index (χ0v) is 12.5. The maximum atomic E-state index is 11.4. The molecular weight excluding hydrogens is 298 g/mol. The van der Waals surface area contributed by atoms with Crippen LogP contribution in [-0.2, 0) is 9.78 Å². The van der Waals surface area contributed by atoms with Gasteiger partial charge in [-0.3, -0.25) is 0 Å². The van der Waals surface area contributed by atoms with Gasteiger partial charge < -0.3 is 10.0 Å². The Bertz CT molecular complexity index is 494. The molecule has 0 radical (unpaired) electrons. The average Bonchev–Trinajstić information content (AvgIpc) is 2.97. The zero-order chi connectivity index (χ0) is 15.2. The van der Waals surface area contributed by atoms with Crippen LogP contribution in [0.4, 0.5) is 5.82 Å². The van der Waals surface area contributed by atoms with E-state index in [0.717, 1.165) is 25.7 Å². The first-order chi connectivity index (χ1) is 10.1. The van der Waals surface area contributed by atoms with E-state index in [-0.39, 0.29) is 29.4 Å². The third-order valence-electron chi connectivity index (χ3n) is 3.40. The van der Waals surface area contributed by atoms with Crippen LogP contribution in [-0.4, -0.2) is 40.4 Å². The molecule has 116 valence electrons. The van der Waals surface area contributed by atoms with Gasteiger partial charge in [-0.2, -0.15) is 4.98 Å². The number of halogens is 1. The minimum absolute atomic E-state index is 0.00592. The van der Waals surface area contributed by atoms with Crippen molar-refractivity contribution in [3.63, 3.8) is 0 Å². The summed E-state index contributed by atoms with van der Waals surface area (Å²) < 4.78 is 0. The second kappa shape index (κ2) is 7.53. The Morgan fingerprint density at radius 3 is 2.81 bits per heavy atom. The Morgan fingerprint density at radius 2 is 2.19 bits per heavy atom. The number of aromatic nitrogens is 2.